The third-order valence-corrected chi connectivity index (χ3v) is 12.4. The number of anilines is 3. The molecule has 1 N–H and O–H groups in total. The molecule has 53 heavy (non-hydrogen) atoms. The van der Waals surface area contributed by atoms with E-state index in [1.165, 1.54) is 16.7 Å². The van der Waals surface area contributed by atoms with Crippen molar-refractivity contribution < 1.29 is 24.1 Å². The van der Waals surface area contributed by atoms with Gasteiger partial charge in [0.05, 0.1) is 30.1 Å². The smallest absolute Gasteiger partial charge is 0.337 e. The summed E-state index contributed by atoms with van der Waals surface area (Å²) in [6.45, 7) is 18.5. The molecule has 7 rings (SSSR count). The Morgan fingerprint density at radius 3 is 2.51 bits per heavy atom. The maximum Gasteiger partial charge on any atom is 0.337 e. The van der Waals surface area contributed by atoms with Crippen LogP contribution in [0.4, 0.5) is 17.1 Å². The van der Waals surface area contributed by atoms with Crippen LogP contribution in [-0.4, -0.2) is 98.3 Å². The van der Waals surface area contributed by atoms with Crippen molar-refractivity contribution in [3.05, 3.63) is 82.5 Å². The first kappa shape index (κ1) is 37.4. The highest BCUT2D eigenvalue weighted by molar-refractivity contribution is 6.76. The Labute approximate surface area is 318 Å². The Balaban J connectivity index is 1.10. The van der Waals surface area contributed by atoms with Crippen LogP contribution in [0.5, 0.6) is 5.88 Å². The summed E-state index contributed by atoms with van der Waals surface area (Å²) in [5, 5.41) is 12.1. The van der Waals surface area contributed by atoms with Crippen molar-refractivity contribution in [1.29, 1.82) is 0 Å². The van der Waals surface area contributed by atoms with E-state index in [1.807, 2.05) is 41.1 Å². The number of carbonyl (C=O) groups is 1. The Kier molecular flexibility index (Phi) is 10.9. The second-order valence-corrected chi connectivity index (χ2v) is 22.4. The lowest BCUT2D eigenvalue weighted by Crippen LogP contribution is -2.47. The summed E-state index contributed by atoms with van der Waals surface area (Å²) in [5.41, 5.74) is 7.16. The van der Waals surface area contributed by atoms with E-state index in [4.69, 9.17) is 30.8 Å². The monoisotopic (exact) mass is 757 g/mol. The molecule has 282 valence electrons. The summed E-state index contributed by atoms with van der Waals surface area (Å²) in [7, 11) is -1.19. The predicted octanol–water partition coefficient (Wildman–Crippen LogP) is 8.40. The molecule has 1 fully saturated rings. The van der Waals surface area contributed by atoms with Gasteiger partial charge in [0.1, 0.15) is 18.1 Å². The van der Waals surface area contributed by atoms with Crippen LogP contribution in [0.25, 0.3) is 16.6 Å². The first-order valence-electron chi connectivity index (χ1n) is 18.8. The van der Waals surface area contributed by atoms with Crippen molar-refractivity contribution in [1.82, 2.24) is 14.5 Å². The molecule has 0 atom stereocenters. The van der Waals surface area contributed by atoms with Gasteiger partial charge < -0.3 is 33.7 Å². The molecule has 5 heterocycles. The quantitative estimate of drug-likeness (QED) is 0.120. The topological polar surface area (TPSA) is 92.5 Å². The van der Waals surface area contributed by atoms with E-state index in [9.17, 15) is 9.90 Å². The van der Waals surface area contributed by atoms with Gasteiger partial charge in [-0.05, 0) is 85.5 Å². The minimum Gasteiger partial charge on any atom is -0.478 e. The number of rotatable bonds is 11. The van der Waals surface area contributed by atoms with Gasteiger partial charge in [0.2, 0.25) is 5.88 Å². The molecule has 0 bridgehead atoms. The highest BCUT2D eigenvalue weighted by Gasteiger charge is 2.31. The van der Waals surface area contributed by atoms with Crippen molar-refractivity contribution in [2.45, 2.75) is 64.7 Å². The maximum absolute atomic E-state index is 12.6. The number of benzene rings is 2. The minimum atomic E-state index is -1.19. The van der Waals surface area contributed by atoms with Gasteiger partial charge in [0, 0.05) is 82.7 Å². The van der Waals surface area contributed by atoms with E-state index in [1.54, 1.807) is 6.07 Å². The Bertz CT molecular complexity index is 1980. The lowest BCUT2D eigenvalue weighted by atomic mass is 9.87. The number of nitrogens with zero attached hydrogens (tertiary/aromatic N) is 5. The Morgan fingerprint density at radius 1 is 1.00 bits per heavy atom. The minimum absolute atomic E-state index is 0.216. The van der Waals surface area contributed by atoms with Gasteiger partial charge in [-0.25, -0.2) is 4.79 Å². The molecular weight excluding hydrogens is 706 g/mol. The summed E-state index contributed by atoms with van der Waals surface area (Å²) < 4.78 is 20.5. The molecule has 3 aliphatic heterocycles. The van der Waals surface area contributed by atoms with E-state index in [2.05, 4.69) is 66.4 Å². The van der Waals surface area contributed by atoms with Crippen molar-refractivity contribution >= 4 is 59.3 Å². The van der Waals surface area contributed by atoms with Crippen molar-refractivity contribution in [3.8, 4) is 5.88 Å². The second-order valence-electron chi connectivity index (χ2n) is 16.3. The normalized spacial score (nSPS) is 18.2. The fraction of sp³-hybridized carbons (Fsp3) is 0.463. The van der Waals surface area contributed by atoms with E-state index in [0.29, 0.717) is 38.1 Å². The number of ether oxygens (including phenoxy) is 3. The van der Waals surface area contributed by atoms with Gasteiger partial charge in [0.15, 0.2) is 0 Å². The molecule has 4 aromatic rings. The maximum atomic E-state index is 12.6. The zero-order chi connectivity index (χ0) is 37.3. The third-order valence-electron chi connectivity index (χ3n) is 10.5. The van der Waals surface area contributed by atoms with Crippen LogP contribution in [0.15, 0.2) is 66.4 Å². The third kappa shape index (κ3) is 8.76. The van der Waals surface area contributed by atoms with Gasteiger partial charge in [-0.2, -0.15) is 4.98 Å². The SMILES string of the molecule is CC1(C)CC(c2ccc(Cl)cc2)=C(CN2CCN(c3ccc(C(=O)O)c(N4CCCOc5nc6c(ccn6COCC[Si](C)(C)C)cc54)c3)CC2)CO1. The average Bonchev–Trinajstić information content (AvgIpc) is 3.39. The summed E-state index contributed by atoms with van der Waals surface area (Å²) >= 11 is 6.22. The number of piperazine rings is 1. The number of hydrogen-bond donors (Lipinski definition) is 1. The number of halogens is 1. The summed E-state index contributed by atoms with van der Waals surface area (Å²) in [5.74, 6) is -0.448. The zero-order valence-electron chi connectivity index (χ0n) is 31.7. The molecule has 10 nitrogen and oxygen atoms in total. The first-order valence-corrected chi connectivity index (χ1v) is 22.9. The number of pyridine rings is 1. The van der Waals surface area contributed by atoms with Gasteiger partial charge in [-0.1, -0.05) is 43.4 Å². The van der Waals surface area contributed by atoms with Gasteiger partial charge in [-0.15, -0.1) is 0 Å². The number of aromatic nitrogens is 2. The summed E-state index contributed by atoms with van der Waals surface area (Å²) in [6.07, 6.45) is 3.58. The number of carboxylic acids is 1. The van der Waals surface area contributed by atoms with Gasteiger partial charge in [-0.3, -0.25) is 4.90 Å². The largest absolute Gasteiger partial charge is 0.478 e. The van der Waals surface area contributed by atoms with Crippen LogP contribution < -0.4 is 14.5 Å². The molecule has 12 heteroatoms. The molecule has 2 aromatic heterocycles. The van der Waals surface area contributed by atoms with Crippen LogP contribution >= 0.6 is 11.6 Å². The predicted molar refractivity (Wildman–Crippen MR) is 216 cm³/mol. The van der Waals surface area contributed by atoms with Gasteiger partial charge >= 0.3 is 5.97 Å². The van der Waals surface area contributed by atoms with Crippen LogP contribution in [0.2, 0.25) is 30.7 Å². The number of fused-ring (bicyclic) bond motifs is 2. The summed E-state index contributed by atoms with van der Waals surface area (Å²) in [6, 6.07) is 19.1. The number of hydrogen-bond acceptors (Lipinski definition) is 8. The fourth-order valence-electron chi connectivity index (χ4n) is 7.42. The van der Waals surface area contributed by atoms with Crippen LogP contribution in [0.1, 0.15) is 42.6 Å². The molecule has 3 aliphatic rings. The second kappa shape index (κ2) is 15.5. The standard InChI is InChI=1S/C41H52ClN5O5Si/c1-41(2)25-35(29-7-9-32(42)10-8-29)31(27-52-41)26-44-16-18-45(19-17-44)33-11-12-34(40(48)49)36(24-33)47-14-6-20-51-39-37(47)23-30-13-15-46(38(30)43-39)28-50-21-22-53(3,4)5/h7-13,15,23-24H,6,14,16-22,25-28H2,1-5H3,(H,48,49). The van der Waals surface area contributed by atoms with Crippen LogP contribution in [-0.2, 0) is 16.2 Å². The van der Waals surface area contributed by atoms with E-state index >= 15 is 0 Å². The van der Waals surface area contributed by atoms with Crippen molar-refractivity contribution in [2.24, 2.45) is 0 Å². The number of aromatic carboxylic acids is 1. The fourth-order valence-corrected chi connectivity index (χ4v) is 8.30. The highest BCUT2D eigenvalue weighted by atomic mass is 35.5. The highest BCUT2D eigenvalue weighted by Crippen LogP contribution is 2.41. The summed E-state index contributed by atoms with van der Waals surface area (Å²) in [4.78, 5) is 24.5. The zero-order valence-corrected chi connectivity index (χ0v) is 33.4. The molecule has 0 aliphatic carbocycles. The Hall–Kier alpha value is -3.87. The molecular formula is C41H52ClN5O5Si. The lowest BCUT2D eigenvalue weighted by Gasteiger charge is -2.39. The Morgan fingerprint density at radius 2 is 1.77 bits per heavy atom. The number of carboxylic acid groups (broad SMARTS) is 1. The molecule has 1 saturated heterocycles. The molecule has 0 saturated carbocycles. The molecule has 0 unspecified atom stereocenters. The molecule has 0 radical (unpaired) electrons. The van der Waals surface area contributed by atoms with Gasteiger partial charge in [0.25, 0.3) is 0 Å². The van der Waals surface area contributed by atoms with Crippen LogP contribution in [0.3, 0.4) is 0 Å². The first-order chi connectivity index (χ1) is 25.3. The van der Waals surface area contributed by atoms with Crippen molar-refractivity contribution in [3.63, 3.8) is 0 Å². The van der Waals surface area contributed by atoms with E-state index in [-0.39, 0.29) is 11.2 Å². The lowest BCUT2D eigenvalue weighted by molar-refractivity contribution is -0.0101. The van der Waals surface area contributed by atoms with E-state index in [0.717, 1.165) is 85.6 Å². The molecule has 2 aromatic carbocycles. The van der Waals surface area contributed by atoms with Crippen molar-refractivity contribution in [2.75, 3.05) is 68.9 Å². The molecule has 0 amide bonds. The molecule has 0 spiro atoms. The van der Waals surface area contributed by atoms with Crippen LogP contribution in [0, 0.1) is 0 Å². The average molecular weight is 758 g/mol. The van der Waals surface area contributed by atoms with E-state index < -0.39 is 14.0 Å².